The van der Waals surface area contributed by atoms with Gasteiger partial charge in [-0.25, -0.2) is 0 Å². The zero-order chi connectivity index (χ0) is 11.4. The number of nitrogens with zero attached hydrogens (tertiary/aromatic N) is 2. The fraction of sp³-hybridized carbons (Fsp3) is 0.857. The zero-order valence-electron chi connectivity index (χ0n) is 8.60. The van der Waals surface area contributed by atoms with Gasteiger partial charge in [0.2, 0.25) is 0 Å². The van der Waals surface area contributed by atoms with E-state index in [1.165, 1.54) is 14.1 Å². The lowest BCUT2D eigenvalue weighted by Gasteiger charge is -2.22. The molecule has 0 bridgehead atoms. The first-order valence-electron chi connectivity index (χ1n) is 4.21. The van der Waals surface area contributed by atoms with E-state index in [1.807, 2.05) is 6.92 Å². The van der Waals surface area contributed by atoms with E-state index in [2.05, 4.69) is 0 Å². The third-order valence-corrected chi connectivity index (χ3v) is 3.57. The first kappa shape index (κ1) is 13.3. The lowest BCUT2D eigenvalue weighted by Crippen LogP contribution is -2.42. The Morgan fingerprint density at radius 2 is 1.79 bits per heavy atom. The molecule has 0 radical (unpaired) electrons. The first-order valence-corrected chi connectivity index (χ1v) is 5.61. The molecule has 0 unspecified atom stereocenters. The van der Waals surface area contributed by atoms with Gasteiger partial charge in [0, 0.05) is 20.6 Å². The van der Waals surface area contributed by atoms with Crippen LogP contribution in [0.3, 0.4) is 0 Å². The highest BCUT2D eigenvalue weighted by atomic mass is 32.2. The molecule has 0 atom stereocenters. The van der Waals surface area contributed by atoms with Crippen molar-refractivity contribution in [2.45, 2.75) is 13.3 Å². The van der Waals surface area contributed by atoms with Gasteiger partial charge in [0.15, 0.2) is 0 Å². The predicted octanol–water partition coefficient (Wildman–Crippen LogP) is -0.411. The molecule has 0 aliphatic rings. The molecule has 7 heteroatoms. The van der Waals surface area contributed by atoms with Crippen LogP contribution in [0.5, 0.6) is 0 Å². The van der Waals surface area contributed by atoms with E-state index in [9.17, 15) is 13.2 Å². The molecular formula is C7H16N2O4S. The van der Waals surface area contributed by atoms with Crippen molar-refractivity contribution in [3.05, 3.63) is 0 Å². The zero-order valence-corrected chi connectivity index (χ0v) is 9.41. The topological polar surface area (TPSA) is 77.9 Å². The molecule has 1 N–H and O–H groups in total. The van der Waals surface area contributed by atoms with Crippen LogP contribution in [0, 0.1) is 0 Å². The van der Waals surface area contributed by atoms with Crippen LogP contribution in [0.15, 0.2) is 0 Å². The van der Waals surface area contributed by atoms with Crippen LogP contribution in [0.25, 0.3) is 0 Å². The number of carboxylic acids is 1. The van der Waals surface area contributed by atoms with Crippen molar-refractivity contribution in [3.63, 3.8) is 0 Å². The summed E-state index contributed by atoms with van der Waals surface area (Å²) in [6.07, 6.45) is 0.691. The van der Waals surface area contributed by atoms with Crippen molar-refractivity contribution in [1.29, 1.82) is 0 Å². The van der Waals surface area contributed by atoms with Crippen LogP contribution in [0.2, 0.25) is 0 Å². The second-order valence-corrected chi connectivity index (χ2v) is 5.12. The monoisotopic (exact) mass is 224 g/mol. The van der Waals surface area contributed by atoms with Crippen molar-refractivity contribution >= 4 is 16.2 Å². The van der Waals surface area contributed by atoms with Crippen LogP contribution in [0.4, 0.5) is 0 Å². The highest BCUT2D eigenvalue weighted by Crippen LogP contribution is 2.03. The van der Waals surface area contributed by atoms with E-state index in [0.717, 1.165) is 8.61 Å². The first-order chi connectivity index (χ1) is 6.32. The van der Waals surface area contributed by atoms with Gasteiger partial charge in [0.25, 0.3) is 10.2 Å². The molecule has 0 aromatic carbocycles. The lowest BCUT2D eigenvalue weighted by atomic mass is 10.5. The fourth-order valence-corrected chi connectivity index (χ4v) is 2.10. The minimum Gasteiger partial charge on any atom is -0.480 e. The molecule has 0 amide bonds. The molecule has 84 valence electrons. The average molecular weight is 224 g/mol. The van der Waals surface area contributed by atoms with Gasteiger partial charge in [0.05, 0.1) is 0 Å². The number of likely N-dealkylation sites (N-methyl/N-ethyl adjacent to an activating group) is 1. The smallest absolute Gasteiger partial charge is 0.318 e. The van der Waals surface area contributed by atoms with Crippen molar-refractivity contribution in [2.24, 2.45) is 0 Å². The van der Waals surface area contributed by atoms with Gasteiger partial charge in [-0.05, 0) is 6.42 Å². The van der Waals surface area contributed by atoms with Gasteiger partial charge in [-0.15, -0.1) is 0 Å². The SMILES string of the molecule is CCCN(C)S(=O)(=O)N(C)CC(=O)O. The largest absolute Gasteiger partial charge is 0.480 e. The van der Waals surface area contributed by atoms with E-state index < -0.39 is 22.7 Å². The molecule has 0 saturated heterocycles. The minimum atomic E-state index is -3.61. The van der Waals surface area contributed by atoms with Gasteiger partial charge in [-0.3, -0.25) is 4.79 Å². The maximum Gasteiger partial charge on any atom is 0.318 e. The summed E-state index contributed by atoms with van der Waals surface area (Å²) in [6.45, 7) is 1.71. The van der Waals surface area contributed by atoms with Crippen LogP contribution in [-0.2, 0) is 15.0 Å². The highest BCUT2D eigenvalue weighted by Gasteiger charge is 2.24. The Labute approximate surface area is 84.3 Å². The Morgan fingerprint density at radius 1 is 1.29 bits per heavy atom. The molecule has 0 fully saturated rings. The maximum absolute atomic E-state index is 11.5. The summed E-state index contributed by atoms with van der Waals surface area (Å²) in [5, 5.41) is 8.43. The highest BCUT2D eigenvalue weighted by molar-refractivity contribution is 7.86. The fourth-order valence-electron chi connectivity index (χ4n) is 0.940. The number of aliphatic carboxylic acids is 1. The normalized spacial score (nSPS) is 12.4. The molecule has 0 rings (SSSR count). The Bertz CT molecular complexity index is 288. The van der Waals surface area contributed by atoms with E-state index >= 15 is 0 Å². The van der Waals surface area contributed by atoms with Gasteiger partial charge in [-0.1, -0.05) is 6.92 Å². The summed E-state index contributed by atoms with van der Waals surface area (Å²) in [7, 11) is -0.937. The lowest BCUT2D eigenvalue weighted by molar-refractivity contribution is -0.137. The second kappa shape index (κ2) is 5.28. The third kappa shape index (κ3) is 3.60. The summed E-state index contributed by atoms with van der Waals surface area (Å²) in [5.41, 5.74) is 0. The Kier molecular flexibility index (Phi) is 5.03. The van der Waals surface area contributed by atoms with Crippen LogP contribution >= 0.6 is 0 Å². The molecule has 14 heavy (non-hydrogen) atoms. The van der Waals surface area contributed by atoms with Gasteiger partial charge in [-0.2, -0.15) is 17.0 Å². The van der Waals surface area contributed by atoms with E-state index in [0.29, 0.717) is 13.0 Å². The molecule has 0 aliphatic heterocycles. The maximum atomic E-state index is 11.5. The molecule has 0 saturated carbocycles. The van der Waals surface area contributed by atoms with Crippen LogP contribution in [-0.4, -0.2) is 55.3 Å². The van der Waals surface area contributed by atoms with Crippen LogP contribution in [0.1, 0.15) is 13.3 Å². The number of carboxylic acid groups (broad SMARTS) is 1. The Morgan fingerprint density at radius 3 is 2.14 bits per heavy atom. The standard InChI is InChI=1S/C7H16N2O4S/c1-4-5-8(2)14(12,13)9(3)6-7(10)11/h4-6H2,1-3H3,(H,10,11). The third-order valence-electron chi connectivity index (χ3n) is 1.68. The van der Waals surface area contributed by atoms with E-state index in [4.69, 9.17) is 5.11 Å². The van der Waals surface area contributed by atoms with Crippen molar-refractivity contribution in [1.82, 2.24) is 8.61 Å². The molecule has 0 spiro atoms. The van der Waals surface area contributed by atoms with Crippen molar-refractivity contribution in [2.75, 3.05) is 27.2 Å². The Balaban J connectivity index is 4.52. The molecule has 0 aromatic rings. The van der Waals surface area contributed by atoms with Crippen molar-refractivity contribution < 1.29 is 18.3 Å². The summed E-state index contributed by atoms with van der Waals surface area (Å²) in [6, 6.07) is 0. The Hall–Kier alpha value is -0.660. The van der Waals surface area contributed by atoms with E-state index in [-0.39, 0.29) is 0 Å². The average Bonchev–Trinajstić information content (AvgIpc) is 2.03. The summed E-state index contributed by atoms with van der Waals surface area (Å²) < 4.78 is 25.0. The summed E-state index contributed by atoms with van der Waals surface area (Å²) in [4.78, 5) is 10.3. The number of hydrogen-bond donors (Lipinski definition) is 1. The minimum absolute atomic E-state index is 0.381. The predicted molar refractivity (Wildman–Crippen MR) is 52.1 cm³/mol. The van der Waals surface area contributed by atoms with Gasteiger partial charge < -0.3 is 5.11 Å². The molecule has 0 aromatic heterocycles. The number of carbonyl (C=O) groups is 1. The molecule has 0 heterocycles. The van der Waals surface area contributed by atoms with E-state index in [1.54, 1.807) is 0 Å². The molecular weight excluding hydrogens is 208 g/mol. The van der Waals surface area contributed by atoms with Gasteiger partial charge >= 0.3 is 5.97 Å². The second-order valence-electron chi connectivity index (χ2n) is 2.98. The molecule has 0 aliphatic carbocycles. The molecule has 6 nitrogen and oxygen atoms in total. The summed E-state index contributed by atoms with van der Waals surface area (Å²) in [5.74, 6) is -1.17. The van der Waals surface area contributed by atoms with Crippen LogP contribution < -0.4 is 0 Å². The number of rotatable bonds is 6. The van der Waals surface area contributed by atoms with Gasteiger partial charge in [0.1, 0.15) is 6.54 Å². The summed E-state index contributed by atoms with van der Waals surface area (Å²) >= 11 is 0. The van der Waals surface area contributed by atoms with Crippen molar-refractivity contribution in [3.8, 4) is 0 Å². The quantitative estimate of drug-likeness (QED) is 0.665. The number of hydrogen-bond acceptors (Lipinski definition) is 3.